The summed E-state index contributed by atoms with van der Waals surface area (Å²) >= 11 is 1.44. The van der Waals surface area contributed by atoms with Gasteiger partial charge >= 0.3 is 0 Å². The molecule has 0 saturated heterocycles. The normalized spacial score (nSPS) is 12.1. The Labute approximate surface area is 120 Å². The third kappa shape index (κ3) is 2.70. The Morgan fingerprint density at radius 1 is 1.60 bits per heavy atom. The highest BCUT2D eigenvalue weighted by Crippen LogP contribution is 2.35. The molecule has 0 aliphatic heterocycles. The SMILES string of the molecule is Cc1nc2cc(N(C)CC(C)C#N)c([N+](=O)[O-])cc2s1. The van der Waals surface area contributed by atoms with Crippen LogP contribution in [0.15, 0.2) is 12.1 Å². The number of nitro groups is 1. The predicted molar refractivity (Wildman–Crippen MR) is 79.1 cm³/mol. The molecule has 0 fully saturated rings. The molecule has 1 atom stereocenters. The third-order valence-corrected chi connectivity index (χ3v) is 3.90. The number of aryl methyl sites for hydroxylation is 1. The van der Waals surface area contributed by atoms with Gasteiger partial charge in [0.15, 0.2) is 0 Å². The van der Waals surface area contributed by atoms with Crippen LogP contribution < -0.4 is 4.90 Å². The van der Waals surface area contributed by atoms with Gasteiger partial charge in [0, 0.05) is 19.7 Å². The maximum absolute atomic E-state index is 11.2. The molecule has 0 bridgehead atoms. The van der Waals surface area contributed by atoms with Gasteiger partial charge in [-0.05, 0) is 19.9 Å². The fourth-order valence-corrected chi connectivity index (χ4v) is 2.91. The molecule has 1 aromatic heterocycles. The Hall–Kier alpha value is -2.20. The van der Waals surface area contributed by atoms with Crippen molar-refractivity contribution >= 4 is 32.9 Å². The molecule has 20 heavy (non-hydrogen) atoms. The van der Waals surface area contributed by atoms with Crippen LogP contribution in [0.5, 0.6) is 0 Å². The van der Waals surface area contributed by atoms with E-state index < -0.39 is 4.92 Å². The van der Waals surface area contributed by atoms with E-state index in [0.717, 1.165) is 15.2 Å². The first-order valence-electron chi connectivity index (χ1n) is 6.08. The lowest BCUT2D eigenvalue weighted by molar-refractivity contribution is -0.384. The predicted octanol–water partition coefficient (Wildman–Crippen LogP) is 3.11. The Balaban J connectivity index is 2.52. The second kappa shape index (κ2) is 5.43. The molecule has 0 radical (unpaired) electrons. The lowest BCUT2D eigenvalue weighted by atomic mass is 10.1. The molecular formula is C13H14N4O2S. The van der Waals surface area contributed by atoms with Crippen molar-refractivity contribution in [1.82, 2.24) is 4.98 Å². The smallest absolute Gasteiger partial charge is 0.294 e. The molecule has 0 amide bonds. The largest absolute Gasteiger partial charge is 0.368 e. The van der Waals surface area contributed by atoms with Gasteiger partial charge in [-0.2, -0.15) is 5.26 Å². The van der Waals surface area contributed by atoms with Gasteiger partial charge in [-0.25, -0.2) is 4.98 Å². The molecule has 1 heterocycles. The van der Waals surface area contributed by atoms with Crippen LogP contribution in [-0.4, -0.2) is 23.5 Å². The molecule has 2 aromatic rings. The lowest BCUT2D eigenvalue weighted by Crippen LogP contribution is -2.24. The molecule has 6 nitrogen and oxygen atoms in total. The summed E-state index contributed by atoms with van der Waals surface area (Å²) in [6.45, 7) is 4.09. The summed E-state index contributed by atoms with van der Waals surface area (Å²) in [6.07, 6.45) is 0. The first-order valence-corrected chi connectivity index (χ1v) is 6.90. The Morgan fingerprint density at radius 3 is 2.90 bits per heavy atom. The maximum atomic E-state index is 11.2. The van der Waals surface area contributed by atoms with E-state index in [4.69, 9.17) is 5.26 Å². The van der Waals surface area contributed by atoms with Crippen molar-refractivity contribution in [1.29, 1.82) is 5.26 Å². The fraction of sp³-hybridized carbons (Fsp3) is 0.385. The summed E-state index contributed by atoms with van der Waals surface area (Å²) in [7, 11) is 1.75. The first kappa shape index (κ1) is 14.2. The Kier molecular flexibility index (Phi) is 3.86. The fourth-order valence-electron chi connectivity index (χ4n) is 2.07. The number of benzene rings is 1. The van der Waals surface area contributed by atoms with E-state index in [2.05, 4.69) is 11.1 Å². The molecular weight excluding hydrogens is 276 g/mol. The molecule has 0 aliphatic carbocycles. The Bertz CT molecular complexity index is 704. The summed E-state index contributed by atoms with van der Waals surface area (Å²) < 4.78 is 0.805. The van der Waals surface area contributed by atoms with Crippen LogP contribution in [0.2, 0.25) is 0 Å². The van der Waals surface area contributed by atoms with Crippen LogP contribution in [0.1, 0.15) is 11.9 Å². The van der Waals surface area contributed by atoms with Crippen molar-refractivity contribution in [2.45, 2.75) is 13.8 Å². The molecule has 104 valence electrons. The number of nitrogens with zero attached hydrogens (tertiary/aromatic N) is 4. The molecule has 7 heteroatoms. The van der Waals surface area contributed by atoms with E-state index >= 15 is 0 Å². The summed E-state index contributed by atoms with van der Waals surface area (Å²) in [5, 5.41) is 21.0. The zero-order valence-electron chi connectivity index (χ0n) is 11.5. The van der Waals surface area contributed by atoms with E-state index in [1.165, 1.54) is 11.3 Å². The highest BCUT2D eigenvalue weighted by Gasteiger charge is 2.21. The first-order chi connectivity index (χ1) is 9.42. The monoisotopic (exact) mass is 290 g/mol. The number of nitriles is 1. The van der Waals surface area contributed by atoms with Gasteiger partial charge in [0.2, 0.25) is 0 Å². The summed E-state index contributed by atoms with van der Waals surface area (Å²) in [5.41, 5.74) is 1.30. The molecule has 0 N–H and O–H groups in total. The van der Waals surface area contributed by atoms with Crippen LogP contribution in [-0.2, 0) is 0 Å². The Morgan fingerprint density at radius 2 is 2.30 bits per heavy atom. The minimum Gasteiger partial charge on any atom is -0.368 e. The average Bonchev–Trinajstić information content (AvgIpc) is 2.75. The van der Waals surface area contributed by atoms with Gasteiger partial charge in [-0.3, -0.25) is 10.1 Å². The maximum Gasteiger partial charge on any atom is 0.294 e. The van der Waals surface area contributed by atoms with Crippen molar-refractivity contribution < 1.29 is 4.92 Å². The standard InChI is InChI=1S/C13H14N4O2S/c1-8(6-14)7-16(3)11-4-10-13(20-9(2)15-10)5-12(11)17(18)19/h4-5,8H,7H2,1-3H3. The van der Waals surface area contributed by atoms with Gasteiger partial charge in [0.1, 0.15) is 5.69 Å². The van der Waals surface area contributed by atoms with Gasteiger partial charge in [0.05, 0.1) is 32.1 Å². The van der Waals surface area contributed by atoms with Crippen molar-refractivity contribution in [2.24, 2.45) is 5.92 Å². The van der Waals surface area contributed by atoms with E-state index in [9.17, 15) is 10.1 Å². The summed E-state index contributed by atoms with van der Waals surface area (Å²) in [4.78, 5) is 16.9. The number of hydrogen-bond donors (Lipinski definition) is 0. The van der Waals surface area contributed by atoms with Crippen LogP contribution in [0.25, 0.3) is 10.2 Å². The number of nitro benzene ring substituents is 1. The van der Waals surface area contributed by atoms with E-state index in [0.29, 0.717) is 12.2 Å². The average molecular weight is 290 g/mol. The quantitative estimate of drug-likeness (QED) is 0.638. The van der Waals surface area contributed by atoms with Crippen molar-refractivity contribution in [3.8, 4) is 6.07 Å². The zero-order chi connectivity index (χ0) is 14.9. The van der Waals surface area contributed by atoms with Crippen LogP contribution in [0.4, 0.5) is 11.4 Å². The second-order valence-corrected chi connectivity index (χ2v) is 5.94. The number of anilines is 1. The molecule has 2 rings (SSSR count). The van der Waals surface area contributed by atoms with E-state index in [-0.39, 0.29) is 11.6 Å². The molecule has 0 aliphatic rings. The van der Waals surface area contributed by atoms with Gasteiger partial charge < -0.3 is 4.90 Å². The number of hydrogen-bond acceptors (Lipinski definition) is 6. The zero-order valence-corrected chi connectivity index (χ0v) is 12.3. The number of thiazole rings is 1. The van der Waals surface area contributed by atoms with Crippen molar-refractivity contribution in [3.05, 3.63) is 27.3 Å². The second-order valence-electron chi connectivity index (χ2n) is 4.71. The van der Waals surface area contributed by atoms with Crippen LogP contribution >= 0.6 is 11.3 Å². The lowest BCUT2D eigenvalue weighted by Gasteiger charge is -2.20. The van der Waals surface area contributed by atoms with Crippen molar-refractivity contribution in [2.75, 3.05) is 18.5 Å². The number of fused-ring (bicyclic) bond motifs is 1. The highest BCUT2D eigenvalue weighted by atomic mass is 32.1. The molecule has 1 unspecified atom stereocenters. The topological polar surface area (TPSA) is 83.1 Å². The summed E-state index contributed by atoms with van der Waals surface area (Å²) in [6, 6.07) is 5.41. The van der Waals surface area contributed by atoms with Gasteiger partial charge in [-0.1, -0.05) is 0 Å². The van der Waals surface area contributed by atoms with E-state index in [1.807, 2.05) is 6.92 Å². The van der Waals surface area contributed by atoms with Crippen LogP contribution in [0, 0.1) is 34.3 Å². The third-order valence-electron chi connectivity index (χ3n) is 2.97. The minimum absolute atomic E-state index is 0.0498. The molecule has 0 saturated carbocycles. The number of rotatable bonds is 4. The molecule has 0 spiro atoms. The molecule has 1 aromatic carbocycles. The van der Waals surface area contributed by atoms with Gasteiger partial charge in [0.25, 0.3) is 5.69 Å². The number of aromatic nitrogens is 1. The van der Waals surface area contributed by atoms with Gasteiger partial charge in [-0.15, -0.1) is 11.3 Å². The van der Waals surface area contributed by atoms with E-state index in [1.54, 1.807) is 31.0 Å². The van der Waals surface area contributed by atoms with Crippen LogP contribution in [0.3, 0.4) is 0 Å². The van der Waals surface area contributed by atoms with Crippen molar-refractivity contribution in [3.63, 3.8) is 0 Å². The minimum atomic E-state index is -0.392. The highest BCUT2D eigenvalue weighted by molar-refractivity contribution is 7.18. The summed E-state index contributed by atoms with van der Waals surface area (Å²) in [5.74, 6) is -0.201.